The highest BCUT2D eigenvalue weighted by Gasteiger charge is 2.39. The third-order valence-electron chi connectivity index (χ3n) is 4.17. The van der Waals surface area contributed by atoms with Crippen molar-refractivity contribution in [1.29, 1.82) is 0 Å². The van der Waals surface area contributed by atoms with Gasteiger partial charge in [0.15, 0.2) is 0 Å². The second kappa shape index (κ2) is 4.84. The van der Waals surface area contributed by atoms with Gasteiger partial charge in [-0.1, -0.05) is 19.8 Å². The minimum atomic E-state index is 0.191. The standard InChI is InChI=1S/C13H25NO/c1-11-4-2-5-12(10-11)15-13(8-9-14)6-3-7-13/h11-12H,2-10,14H2,1H3. The Bertz CT molecular complexity index is 201. The topological polar surface area (TPSA) is 35.2 Å². The van der Waals surface area contributed by atoms with Gasteiger partial charge in [0.25, 0.3) is 0 Å². The van der Waals surface area contributed by atoms with Gasteiger partial charge in [-0.25, -0.2) is 0 Å². The van der Waals surface area contributed by atoms with Gasteiger partial charge in [-0.15, -0.1) is 0 Å². The Hall–Kier alpha value is -0.0800. The summed E-state index contributed by atoms with van der Waals surface area (Å²) in [6.45, 7) is 3.13. The van der Waals surface area contributed by atoms with E-state index < -0.39 is 0 Å². The van der Waals surface area contributed by atoms with Crippen molar-refractivity contribution in [1.82, 2.24) is 0 Å². The molecule has 0 aromatic rings. The fraction of sp³-hybridized carbons (Fsp3) is 1.00. The Labute approximate surface area is 93.6 Å². The zero-order valence-electron chi connectivity index (χ0n) is 10.0. The van der Waals surface area contributed by atoms with Crippen LogP contribution in [-0.4, -0.2) is 18.2 Å². The van der Waals surface area contributed by atoms with E-state index in [0.717, 1.165) is 18.9 Å². The quantitative estimate of drug-likeness (QED) is 0.776. The molecule has 2 saturated carbocycles. The molecule has 0 radical (unpaired) electrons. The number of nitrogens with two attached hydrogens (primary N) is 1. The highest BCUT2D eigenvalue weighted by molar-refractivity contribution is 4.91. The van der Waals surface area contributed by atoms with Gasteiger partial charge in [-0.2, -0.15) is 0 Å². The molecular formula is C13H25NO. The smallest absolute Gasteiger partial charge is 0.0698 e. The first-order chi connectivity index (χ1) is 7.24. The molecule has 0 amide bonds. The van der Waals surface area contributed by atoms with Crippen LogP contribution in [-0.2, 0) is 4.74 Å². The van der Waals surface area contributed by atoms with E-state index in [9.17, 15) is 0 Å². The van der Waals surface area contributed by atoms with Crippen LogP contribution < -0.4 is 5.73 Å². The van der Waals surface area contributed by atoms with Crippen molar-refractivity contribution in [3.63, 3.8) is 0 Å². The molecule has 0 aromatic heterocycles. The summed E-state index contributed by atoms with van der Waals surface area (Å²) in [5.74, 6) is 0.860. The minimum Gasteiger partial charge on any atom is -0.372 e. The van der Waals surface area contributed by atoms with E-state index >= 15 is 0 Å². The van der Waals surface area contributed by atoms with Gasteiger partial charge in [0.05, 0.1) is 11.7 Å². The molecule has 2 aliphatic rings. The first-order valence-corrected chi connectivity index (χ1v) is 6.62. The van der Waals surface area contributed by atoms with Gasteiger partial charge >= 0.3 is 0 Å². The highest BCUT2D eigenvalue weighted by atomic mass is 16.5. The van der Waals surface area contributed by atoms with E-state index in [4.69, 9.17) is 10.5 Å². The molecule has 2 rings (SSSR count). The van der Waals surface area contributed by atoms with Crippen LogP contribution in [0.1, 0.15) is 58.3 Å². The van der Waals surface area contributed by atoms with Crippen LogP contribution in [0, 0.1) is 5.92 Å². The first-order valence-electron chi connectivity index (χ1n) is 6.62. The van der Waals surface area contributed by atoms with Gasteiger partial charge in [0.1, 0.15) is 0 Å². The SMILES string of the molecule is CC1CCCC(OC2(CCN)CCC2)C1. The summed E-state index contributed by atoms with van der Waals surface area (Å²) < 4.78 is 6.35. The summed E-state index contributed by atoms with van der Waals surface area (Å²) in [7, 11) is 0. The third-order valence-corrected chi connectivity index (χ3v) is 4.17. The molecule has 0 heterocycles. The van der Waals surface area contributed by atoms with Gasteiger partial charge in [0.2, 0.25) is 0 Å². The predicted octanol–water partition coefficient (Wildman–Crippen LogP) is 2.85. The number of rotatable bonds is 4. The van der Waals surface area contributed by atoms with E-state index in [1.807, 2.05) is 0 Å². The molecule has 2 unspecified atom stereocenters. The van der Waals surface area contributed by atoms with E-state index in [1.165, 1.54) is 44.9 Å². The van der Waals surface area contributed by atoms with Crippen molar-refractivity contribution in [2.45, 2.75) is 70.0 Å². The molecule has 0 aliphatic heterocycles. The molecule has 0 bridgehead atoms. The Balaban J connectivity index is 1.83. The summed E-state index contributed by atoms with van der Waals surface area (Å²) in [4.78, 5) is 0. The molecule has 2 N–H and O–H groups in total. The van der Waals surface area contributed by atoms with Crippen LogP contribution in [0.25, 0.3) is 0 Å². The maximum Gasteiger partial charge on any atom is 0.0698 e. The Kier molecular flexibility index (Phi) is 3.68. The van der Waals surface area contributed by atoms with Crippen LogP contribution >= 0.6 is 0 Å². The van der Waals surface area contributed by atoms with E-state index in [1.54, 1.807) is 0 Å². The highest BCUT2D eigenvalue weighted by Crippen LogP contribution is 2.41. The average Bonchev–Trinajstić information content (AvgIpc) is 2.15. The van der Waals surface area contributed by atoms with Crippen molar-refractivity contribution < 1.29 is 4.74 Å². The molecule has 2 aliphatic carbocycles. The molecule has 15 heavy (non-hydrogen) atoms. The molecule has 2 nitrogen and oxygen atoms in total. The normalized spacial score (nSPS) is 34.8. The Morgan fingerprint density at radius 3 is 2.60 bits per heavy atom. The fourth-order valence-corrected chi connectivity index (χ4v) is 3.10. The predicted molar refractivity (Wildman–Crippen MR) is 62.8 cm³/mol. The molecule has 0 saturated heterocycles. The third kappa shape index (κ3) is 2.73. The summed E-state index contributed by atoms with van der Waals surface area (Å²) in [6.07, 6.45) is 10.7. The maximum atomic E-state index is 6.35. The van der Waals surface area contributed by atoms with Crippen LogP contribution in [0.5, 0.6) is 0 Å². The number of ether oxygens (including phenoxy) is 1. The van der Waals surface area contributed by atoms with Crippen LogP contribution in [0.4, 0.5) is 0 Å². The Morgan fingerprint density at radius 1 is 1.27 bits per heavy atom. The lowest BCUT2D eigenvalue weighted by molar-refractivity contribution is -0.154. The summed E-state index contributed by atoms with van der Waals surface area (Å²) in [5.41, 5.74) is 5.87. The molecule has 2 heteroatoms. The second-order valence-electron chi connectivity index (χ2n) is 5.59. The van der Waals surface area contributed by atoms with Crippen molar-refractivity contribution in [2.75, 3.05) is 6.54 Å². The lowest BCUT2D eigenvalue weighted by Gasteiger charge is -2.45. The van der Waals surface area contributed by atoms with Gasteiger partial charge < -0.3 is 10.5 Å². The zero-order chi connectivity index (χ0) is 10.7. The van der Waals surface area contributed by atoms with E-state index in [0.29, 0.717) is 6.10 Å². The monoisotopic (exact) mass is 211 g/mol. The largest absolute Gasteiger partial charge is 0.372 e. The number of hydrogen-bond donors (Lipinski definition) is 1. The van der Waals surface area contributed by atoms with Crippen molar-refractivity contribution in [3.05, 3.63) is 0 Å². The van der Waals surface area contributed by atoms with Crippen molar-refractivity contribution >= 4 is 0 Å². The molecule has 2 fully saturated rings. The molecule has 0 aromatic carbocycles. The number of hydrogen-bond acceptors (Lipinski definition) is 2. The van der Waals surface area contributed by atoms with Crippen LogP contribution in [0.15, 0.2) is 0 Å². The van der Waals surface area contributed by atoms with Gasteiger partial charge in [-0.3, -0.25) is 0 Å². The molecular weight excluding hydrogens is 186 g/mol. The molecule has 88 valence electrons. The van der Waals surface area contributed by atoms with Crippen LogP contribution in [0.3, 0.4) is 0 Å². The maximum absolute atomic E-state index is 6.35. The average molecular weight is 211 g/mol. The molecule has 0 spiro atoms. The van der Waals surface area contributed by atoms with E-state index in [2.05, 4.69) is 6.92 Å². The Morgan fingerprint density at radius 2 is 2.07 bits per heavy atom. The second-order valence-corrected chi connectivity index (χ2v) is 5.59. The van der Waals surface area contributed by atoms with Crippen LogP contribution in [0.2, 0.25) is 0 Å². The van der Waals surface area contributed by atoms with Crippen molar-refractivity contribution in [3.8, 4) is 0 Å². The molecule has 2 atom stereocenters. The summed E-state index contributed by atoms with van der Waals surface area (Å²) in [5, 5.41) is 0. The lowest BCUT2D eigenvalue weighted by atomic mass is 9.76. The first kappa shape index (κ1) is 11.4. The lowest BCUT2D eigenvalue weighted by Crippen LogP contribution is -2.45. The fourth-order valence-electron chi connectivity index (χ4n) is 3.10. The van der Waals surface area contributed by atoms with Gasteiger partial charge in [-0.05, 0) is 51.0 Å². The van der Waals surface area contributed by atoms with Crippen molar-refractivity contribution in [2.24, 2.45) is 11.7 Å². The van der Waals surface area contributed by atoms with Gasteiger partial charge in [0, 0.05) is 0 Å². The van der Waals surface area contributed by atoms with E-state index in [-0.39, 0.29) is 5.60 Å². The summed E-state index contributed by atoms with van der Waals surface area (Å²) >= 11 is 0. The minimum absolute atomic E-state index is 0.191. The zero-order valence-corrected chi connectivity index (χ0v) is 10.0. The summed E-state index contributed by atoms with van der Waals surface area (Å²) in [6, 6.07) is 0.